The van der Waals surface area contributed by atoms with E-state index in [4.69, 9.17) is 4.52 Å². The first-order valence-electron chi connectivity index (χ1n) is 8.59. The van der Waals surface area contributed by atoms with Crippen LogP contribution in [0.3, 0.4) is 0 Å². The molecule has 6 nitrogen and oxygen atoms in total. The van der Waals surface area contributed by atoms with E-state index < -0.39 is 0 Å². The molecular formula is C18H26IN5O. The van der Waals surface area contributed by atoms with Gasteiger partial charge in [-0.25, -0.2) is 4.99 Å². The Morgan fingerprint density at radius 3 is 2.56 bits per heavy atom. The summed E-state index contributed by atoms with van der Waals surface area (Å²) in [5, 5.41) is 10.7. The Labute approximate surface area is 165 Å². The minimum Gasteiger partial charge on any atom is -0.357 e. The molecule has 0 radical (unpaired) electrons. The molecule has 0 amide bonds. The topological polar surface area (TPSA) is 75.3 Å². The van der Waals surface area contributed by atoms with Crippen LogP contribution in [0.4, 0.5) is 0 Å². The molecule has 136 valence electrons. The molecule has 3 rings (SSSR count). The van der Waals surface area contributed by atoms with Crippen molar-refractivity contribution in [3.63, 3.8) is 0 Å². The van der Waals surface area contributed by atoms with Crippen LogP contribution in [0.2, 0.25) is 0 Å². The highest BCUT2D eigenvalue weighted by Crippen LogP contribution is 2.43. The molecule has 0 atom stereocenters. The smallest absolute Gasteiger partial charge is 0.223 e. The van der Waals surface area contributed by atoms with Gasteiger partial charge in [-0.3, -0.25) is 0 Å². The maximum absolute atomic E-state index is 4.98. The molecule has 1 heterocycles. The second kappa shape index (κ2) is 9.17. The van der Waals surface area contributed by atoms with Gasteiger partial charge in [0.05, 0.1) is 0 Å². The van der Waals surface area contributed by atoms with Gasteiger partial charge < -0.3 is 15.2 Å². The minimum absolute atomic E-state index is 0. The lowest BCUT2D eigenvalue weighted by Gasteiger charge is -2.43. The number of nitrogens with zero attached hydrogens (tertiary/aromatic N) is 3. The summed E-state index contributed by atoms with van der Waals surface area (Å²) in [5.41, 5.74) is 1.63. The summed E-state index contributed by atoms with van der Waals surface area (Å²) in [4.78, 5) is 8.75. The third kappa shape index (κ3) is 4.93. The van der Waals surface area contributed by atoms with Crippen molar-refractivity contribution >= 4 is 29.9 Å². The Kier molecular flexibility index (Phi) is 7.22. The molecule has 1 aromatic heterocycles. The lowest BCUT2D eigenvalue weighted by Crippen LogP contribution is -2.48. The maximum Gasteiger partial charge on any atom is 0.223 e. The molecule has 0 unspecified atom stereocenters. The molecule has 7 heteroatoms. The predicted molar refractivity (Wildman–Crippen MR) is 109 cm³/mol. The van der Waals surface area contributed by atoms with Crippen molar-refractivity contribution in [2.24, 2.45) is 4.99 Å². The van der Waals surface area contributed by atoms with Gasteiger partial charge in [0.2, 0.25) is 5.89 Å². The lowest BCUT2D eigenvalue weighted by molar-refractivity contribution is 0.244. The number of hydrogen-bond donors (Lipinski definition) is 2. The number of benzene rings is 1. The molecule has 1 aliphatic carbocycles. The van der Waals surface area contributed by atoms with Crippen molar-refractivity contribution in [2.75, 3.05) is 13.1 Å². The Morgan fingerprint density at radius 2 is 2.00 bits per heavy atom. The highest BCUT2D eigenvalue weighted by atomic mass is 127. The average molecular weight is 455 g/mol. The fraction of sp³-hybridized carbons (Fsp3) is 0.500. The van der Waals surface area contributed by atoms with Crippen molar-refractivity contribution in [2.45, 2.75) is 45.1 Å². The Balaban J connectivity index is 0.00000225. The zero-order valence-corrected chi connectivity index (χ0v) is 17.1. The van der Waals surface area contributed by atoms with E-state index in [0.717, 1.165) is 19.0 Å². The first-order valence-corrected chi connectivity index (χ1v) is 8.59. The van der Waals surface area contributed by atoms with E-state index in [1.165, 1.54) is 24.8 Å². The highest BCUT2D eigenvalue weighted by molar-refractivity contribution is 14.0. The van der Waals surface area contributed by atoms with Gasteiger partial charge in [-0.2, -0.15) is 4.98 Å². The van der Waals surface area contributed by atoms with Crippen LogP contribution < -0.4 is 10.6 Å². The second-order valence-electron chi connectivity index (χ2n) is 6.28. The SMILES string of the molecule is CCNC(=NCc1noc(C)n1)NCC1(c2ccccc2)CCC1.I. The molecule has 1 aliphatic rings. The summed E-state index contributed by atoms with van der Waals surface area (Å²) in [6, 6.07) is 10.8. The number of aryl methyl sites for hydroxylation is 1. The molecule has 1 saturated carbocycles. The number of rotatable bonds is 6. The molecule has 1 aromatic carbocycles. The standard InChI is InChI=1S/C18H25N5O.HI/c1-3-19-17(20-12-16-22-14(2)24-23-16)21-13-18(10-7-11-18)15-8-5-4-6-9-15;/h4-6,8-9H,3,7,10-13H2,1-2H3,(H2,19,20,21);1H. The fourth-order valence-electron chi connectivity index (χ4n) is 3.11. The Morgan fingerprint density at radius 1 is 1.24 bits per heavy atom. The van der Waals surface area contributed by atoms with E-state index in [1.807, 2.05) is 0 Å². The molecule has 2 N–H and O–H groups in total. The number of aromatic nitrogens is 2. The highest BCUT2D eigenvalue weighted by Gasteiger charge is 2.38. The van der Waals surface area contributed by atoms with Crippen LogP contribution in [0.1, 0.15) is 43.5 Å². The van der Waals surface area contributed by atoms with Crippen LogP contribution in [-0.2, 0) is 12.0 Å². The Hall–Kier alpha value is -1.64. The lowest BCUT2D eigenvalue weighted by atomic mass is 9.64. The molecule has 0 bridgehead atoms. The van der Waals surface area contributed by atoms with Gasteiger partial charge in [0.25, 0.3) is 0 Å². The van der Waals surface area contributed by atoms with Crippen LogP contribution in [0.25, 0.3) is 0 Å². The van der Waals surface area contributed by atoms with Crippen LogP contribution in [0, 0.1) is 6.92 Å². The van der Waals surface area contributed by atoms with Crippen molar-refractivity contribution in [1.29, 1.82) is 0 Å². The van der Waals surface area contributed by atoms with Crippen LogP contribution in [0.15, 0.2) is 39.8 Å². The minimum atomic E-state index is 0. The number of halogens is 1. The number of hydrogen-bond acceptors (Lipinski definition) is 4. The van der Waals surface area contributed by atoms with Crippen LogP contribution >= 0.6 is 24.0 Å². The molecule has 2 aromatic rings. The van der Waals surface area contributed by atoms with E-state index in [2.05, 4.69) is 63.0 Å². The van der Waals surface area contributed by atoms with Crippen molar-refractivity contribution in [3.05, 3.63) is 47.6 Å². The quantitative estimate of drug-likeness (QED) is 0.398. The first-order chi connectivity index (χ1) is 11.7. The molecule has 1 fully saturated rings. The van der Waals surface area contributed by atoms with Crippen molar-refractivity contribution in [3.8, 4) is 0 Å². The predicted octanol–water partition coefficient (Wildman–Crippen LogP) is 3.17. The van der Waals surface area contributed by atoms with E-state index >= 15 is 0 Å². The summed E-state index contributed by atoms with van der Waals surface area (Å²) in [6.45, 7) is 5.95. The maximum atomic E-state index is 4.98. The number of guanidine groups is 1. The summed E-state index contributed by atoms with van der Waals surface area (Å²) < 4.78 is 4.98. The third-order valence-electron chi connectivity index (χ3n) is 4.58. The summed E-state index contributed by atoms with van der Waals surface area (Å²) in [6.07, 6.45) is 3.72. The van der Waals surface area contributed by atoms with Gasteiger partial charge in [0, 0.05) is 25.4 Å². The largest absolute Gasteiger partial charge is 0.357 e. The number of aliphatic imine (C=N–C) groups is 1. The molecule has 0 saturated heterocycles. The first kappa shape index (κ1) is 19.7. The molecule has 0 aliphatic heterocycles. The van der Waals surface area contributed by atoms with E-state index in [-0.39, 0.29) is 29.4 Å². The molecule has 0 spiro atoms. The Bertz CT molecular complexity index is 682. The van der Waals surface area contributed by atoms with Crippen molar-refractivity contribution in [1.82, 2.24) is 20.8 Å². The van der Waals surface area contributed by atoms with Crippen LogP contribution in [-0.4, -0.2) is 29.2 Å². The number of nitrogens with one attached hydrogen (secondary N) is 2. The van der Waals surface area contributed by atoms with Crippen LogP contribution in [0.5, 0.6) is 0 Å². The molecular weight excluding hydrogens is 429 g/mol. The van der Waals surface area contributed by atoms with E-state index in [9.17, 15) is 0 Å². The normalized spacial score (nSPS) is 15.8. The van der Waals surface area contributed by atoms with Gasteiger partial charge in [0.1, 0.15) is 6.54 Å². The molecule has 25 heavy (non-hydrogen) atoms. The zero-order chi connectivity index (χ0) is 16.8. The van der Waals surface area contributed by atoms with Gasteiger partial charge >= 0.3 is 0 Å². The van der Waals surface area contributed by atoms with Gasteiger partial charge in [-0.15, -0.1) is 24.0 Å². The van der Waals surface area contributed by atoms with Gasteiger partial charge in [-0.05, 0) is 25.3 Å². The zero-order valence-electron chi connectivity index (χ0n) is 14.8. The van der Waals surface area contributed by atoms with Gasteiger partial charge in [0.15, 0.2) is 11.8 Å². The average Bonchev–Trinajstić information content (AvgIpc) is 2.98. The van der Waals surface area contributed by atoms with E-state index in [0.29, 0.717) is 18.3 Å². The summed E-state index contributed by atoms with van der Waals surface area (Å²) in [7, 11) is 0. The van der Waals surface area contributed by atoms with Crippen molar-refractivity contribution < 1.29 is 4.52 Å². The second-order valence-corrected chi connectivity index (χ2v) is 6.28. The summed E-state index contributed by atoms with van der Waals surface area (Å²) in [5.74, 6) is 1.96. The van der Waals surface area contributed by atoms with Gasteiger partial charge in [-0.1, -0.05) is 41.9 Å². The van der Waals surface area contributed by atoms with E-state index in [1.54, 1.807) is 6.92 Å². The third-order valence-corrected chi connectivity index (χ3v) is 4.58. The fourth-order valence-corrected chi connectivity index (χ4v) is 3.11. The monoisotopic (exact) mass is 455 g/mol. The summed E-state index contributed by atoms with van der Waals surface area (Å²) >= 11 is 0.